The summed E-state index contributed by atoms with van der Waals surface area (Å²) in [5, 5.41) is 2.89. The fraction of sp³-hybridized carbons (Fsp3) is 0.304. The van der Waals surface area contributed by atoms with Crippen molar-refractivity contribution in [3.63, 3.8) is 0 Å². The third kappa shape index (κ3) is 5.20. The summed E-state index contributed by atoms with van der Waals surface area (Å²) in [7, 11) is 1.84. The molecule has 0 fully saturated rings. The number of ether oxygens (including phenoxy) is 1. The molecular formula is C23H26N2O2S. The minimum absolute atomic E-state index is 0.0723. The van der Waals surface area contributed by atoms with Crippen molar-refractivity contribution >= 4 is 17.2 Å². The molecular weight excluding hydrogens is 368 g/mol. The van der Waals surface area contributed by atoms with Crippen LogP contribution in [-0.4, -0.2) is 29.4 Å². The number of amides is 1. The Hall–Kier alpha value is -2.66. The summed E-state index contributed by atoms with van der Waals surface area (Å²) >= 11 is 1.56. The molecule has 1 amide bonds. The molecule has 0 atom stereocenters. The Balaban J connectivity index is 1.59. The summed E-state index contributed by atoms with van der Waals surface area (Å²) in [6.07, 6.45) is 1.34. The van der Waals surface area contributed by atoms with Crippen molar-refractivity contribution in [1.82, 2.24) is 9.88 Å². The van der Waals surface area contributed by atoms with E-state index in [0.29, 0.717) is 19.6 Å². The zero-order valence-corrected chi connectivity index (χ0v) is 17.5. The summed E-state index contributed by atoms with van der Waals surface area (Å²) in [5.74, 6) is 0.926. The van der Waals surface area contributed by atoms with Crippen LogP contribution in [0.3, 0.4) is 0 Å². The molecule has 0 saturated carbocycles. The normalized spacial score (nSPS) is 10.7. The van der Waals surface area contributed by atoms with E-state index in [2.05, 4.69) is 36.2 Å². The Kier molecular flexibility index (Phi) is 6.82. The highest BCUT2D eigenvalue weighted by Crippen LogP contribution is 2.26. The lowest BCUT2D eigenvalue weighted by molar-refractivity contribution is -0.129. The molecule has 0 aliphatic heterocycles. The van der Waals surface area contributed by atoms with Crippen LogP contribution in [0.2, 0.25) is 0 Å². The zero-order chi connectivity index (χ0) is 19.9. The van der Waals surface area contributed by atoms with Crippen LogP contribution in [0.1, 0.15) is 30.7 Å². The number of hydrogen-bond acceptors (Lipinski definition) is 4. The highest BCUT2D eigenvalue weighted by molar-refractivity contribution is 7.13. The van der Waals surface area contributed by atoms with Gasteiger partial charge >= 0.3 is 0 Å². The summed E-state index contributed by atoms with van der Waals surface area (Å²) in [5.41, 5.74) is 4.30. The standard InChI is InChI=1S/C23H26N2O2S/c1-4-17-6-8-18(9-7-17)15-25(3)22(26)14-20-16-28-23(24-20)19-10-12-21(13-11-19)27-5-2/h6-13,16H,4-5,14-15H2,1-3H3. The van der Waals surface area contributed by atoms with Crippen molar-refractivity contribution in [3.8, 4) is 16.3 Å². The van der Waals surface area contributed by atoms with Crippen LogP contribution in [0.4, 0.5) is 0 Å². The Bertz CT molecular complexity index is 901. The van der Waals surface area contributed by atoms with Gasteiger partial charge < -0.3 is 9.64 Å². The Morgan fingerprint density at radius 3 is 2.36 bits per heavy atom. The predicted octanol–water partition coefficient (Wildman–Crippen LogP) is 4.97. The van der Waals surface area contributed by atoms with E-state index >= 15 is 0 Å². The lowest BCUT2D eigenvalue weighted by atomic mass is 10.1. The Labute approximate surface area is 170 Å². The summed E-state index contributed by atoms with van der Waals surface area (Å²) in [6, 6.07) is 16.3. The number of nitrogens with zero attached hydrogens (tertiary/aromatic N) is 2. The fourth-order valence-electron chi connectivity index (χ4n) is 2.91. The molecule has 4 nitrogen and oxygen atoms in total. The van der Waals surface area contributed by atoms with Crippen molar-refractivity contribution in [1.29, 1.82) is 0 Å². The molecule has 0 unspecified atom stereocenters. The molecule has 28 heavy (non-hydrogen) atoms. The third-order valence-corrected chi connectivity index (χ3v) is 5.51. The van der Waals surface area contributed by atoms with E-state index in [1.165, 1.54) is 5.56 Å². The number of carbonyl (C=O) groups is 1. The van der Waals surface area contributed by atoms with Crippen molar-refractivity contribution in [2.75, 3.05) is 13.7 Å². The number of likely N-dealkylation sites (N-methyl/N-ethyl adjacent to an activating group) is 1. The van der Waals surface area contributed by atoms with Gasteiger partial charge in [0.2, 0.25) is 5.91 Å². The molecule has 3 rings (SSSR count). The molecule has 5 heteroatoms. The van der Waals surface area contributed by atoms with E-state index in [-0.39, 0.29) is 5.91 Å². The van der Waals surface area contributed by atoms with E-state index in [0.717, 1.165) is 34.0 Å². The quantitative estimate of drug-likeness (QED) is 0.542. The SMILES string of the molecule is CCOc1ccc(-c2nc(CC(=O)N(C)Cc3ccc(CC)cc3)cs2)cc1. The number of hydrogen-bond donors (Lipinski definition) is 0. The lowest BCUT2D eigenvalue weighted by Crippen LogP contribution is -2.27. The molecule has 0 aliphatic carbocycles. The van der Waals surface area contributed by atoms with Gasteiger partial charge in [0.1, 0.15) is 10.8 Å². The molecule has 2 aromatic carbocycles. The van der Waals surface area contributed by atoms with E-state index in [1.54, 1.807) is 16.2 Å². The van der Waals surface area contributed by atoms with Gasteiger partial charge in [-0.05, 0) is 48.7 Å². The van der Waals surface area contributed by atoms with E-state index < -0.39 is 0 Å². The van der Waals surface area contributed by atoms with Gasteiger partial charge in [-0.1, -0.05) is 31.2 Å². The maximum atomic E-state index is 12.6. The van der Waals surface area contributed by atoms with Crippen molar-refractivity contribution in [2.45, 2.75) is 33.2 Å². The molecule has 0 spiro atoms. The van der Waals surface area contributed by atoms with Crippen molar-refractivity contribution in [2.24, 2.45) is 0 Å². The molecule has 0 radical (unpaired) electrons. The van der Waals surface area contributed by atoms with Crippen LogP contribution < -0.4 is 4.74 Å². The maximum absolute atomic E-state index is 12.6. The van der Waals surface area contributed by atoms with Gasteiger partial charge in [0.25, 0.3) is 0 Å². The van der Waals surface area contributed by atoms with Crippen LogP contribution >= 0.6 is 11.3 Å². The van der Waals surface area contributed by atoms with Crippen molar-refractivity contribution in [3.05, 3.63) is 70.7 Å². The summed E-state index contributed by atoms with van der Waals surface area (Å²) < 4.78 is 5.48. The number of carbonyl (C=O) groups excluding carboxylic acids is 1. The molecule has 146 valence electrons. The molecule has 3 aromatic rings. The van der Waals surface area contributed by atoms with Crippen LogP contribution in [0.15, 0.2) is 53.9 Å². The monoisotopic (exact) mass is 394 g/mol. The highest BCUT2D eigenvalue weighted by Gasteiger charge is 2.13. The molecule has 0 aliphatic rings. The first-order valence-electron chi connectivity index (χ1n) is 9.58. The van der Waals surface area contributed by atoms with Gasteiger partial charge in [0, 0.05) is 24.5 Å². The number of rotatable bonds is 8. The number of aryl methyl sites for hydroxylation is 1. The smallest absolute Gasteiger partial charge is 0.228 e. The number of benzene rings is 2. The minimum atomic E-state index is 0.0723. The third-order valence-electron chi connectivity index (χ3n) is 4.57. The molecule has 0 bridgehead atoms. The van der Waals surface area contributed by atoms with Crippen LogP contribution in [-0.2, 0) is 24.2 Å². The maximum Gasteiger partial charge on any atom is 0.228 e. The van der Waals surface area contributed by atoms with Crippen LogP contribution in [0.5, 0.6) is 5.75 Å². The number of aromatic nitrogens is 1. The first-order valence-corrected chi connectivity index (χ1v) is 10.5. The summed E-state index contributed by atoms with van der Waals surface area (Å²) in [4.78, 5) is 19.0. The zero-order valence-electron chi connectivity index (χ0n) is 16.6. The van der Waals surface area contributed by atoms with E-state index in [4.69, 9.17) is 4.74 Å². The molecule has 0 saturated heterocycles. The second-order valence-electron chi connectivity index (χ2n) is 6.70. The minimum Gasteiger partial charge on any atom is -0.494 e. The van der Waals surface area contributed by atoms with Gasteiger partial charge in [-0.15, -0.1) is 11.3 Å². The van der Waals surface area contributed by atoms with Gasteiger partial charge in [0.05, 0.1) is 18.7 Å². The number of thiazole rings is 1. The fourth-order valence-corrected chi connectivity index (χ4v) is 3.74. The summed E-state index contributed by atoms with van der Waals surface area (Å²) in [6.45, 7) is 5.37. The van der Waals surface area contributed by atoms with Crippen LogP contribution in [0, 0.1) is 0 Å². The predicted molar refractivity (Wildman–Crippen MR) is 115 cm³/mol. The average Bonchev–Trinajstić information content (AvgIpc) is 3.18. The Morgan fingerprint density at radius 1 is 1.04 bits per heavy atom. The molecule has 0 N–H and O–H groups in total. The highest BCUT2D eigenvalue weighted by atomic mass is 32.1. The largest absolute Gasteiger partial charge is 0.494 e. The van der Waals surface area contributed by atoms with Gasteiger partial charge in [-0.25, -0.2) is 4.98 Å². The lowest BCUT2D eigenvalue weighted by Gasteiger charge is -2.17. The average molecular weight is 395 g/mol. The van der Waals surface area contributed by atoms with Gasteiger partial charge in [-0.3, -0.25) is 4.79 Å². The second kappa shape index (κ2) is 9.51. The van der Waals surface area contributed by atoms with Gasteiger partial charge in [0.15, 0.2) is 0 Å². The van der Waals surface area contributed by atoms with E-state index in [9.17, 15) is 4.79 Å². The first-order chi connectivity index (χ1) is 13.6. The van der Waals surface area contributed by atoms with Gasteiger partial charge in [-0.2, -0.15) is 0 Å². The van der Waals surface area contributed by atoms with Crippen LogP contribution in [0.25, 0.3) is 10.6 Å². The second-order valence-corrected chi connectivity index (χ2v) is 7.56. The Morgan fingerprint density at radius 2 is 1.71 bits per heavy atom. The topological polar surface area (TPSA) is 42.4 Å². The molecule has 1 aromatic heterocycles. The van der Waals surface area contributed by atoms with Crippen molar-refractivity contribution < 1.29 is 9.53 Å². The first kappa shape index (κ1) is 20.1. The molecule has 1 heterocycles. The van der Waals surface area contributed by atoms with E-state index in [1.807, 2.05) is 43.6 Å².